The largest absolute Gasteiger partial charge is 0.494 e. The van der Waals surface area contributed by atoms with E-state index >= 15 is 0 Å². The first-order chi connectivity index (χ1) is 14.2. The summed E-state index contributed by atoms with van der Waals surface area (Å²) in [5.41, 5.74) is 5.17. The molecule has 3 aromatic rings. The normalized spacial score (nSPS) is 10.4. The van der Waals surface area contributed by atoms with Crippen molar-refractivity contribution in [1.29, 1.82) is 0 Å². The van der Waals surface area contributed by atoms with Gasteiger partial charge < -0.3 is 9.47 Å². The zero-order valence-electron chi connectivity index (χ0n) is 16.3. The van der Waals surface area contributed by atoms with Gasteiger partial charge >= 0.3 is 0 Å². The molecule has 150 valence electrons. The van der Waals surface area contributed by atoms with Gasteiger partial charge in [0.25, 0.3) is 11.8 Å². The summed E-state index contributed by atoms with van der Waals surface area (Å²) in [7, 11) is 0. The summed E-state index contributed by atoms with van der Waals surface area (Å²) < 4.78 is 11.2. The van der Waals surface area contributed by atoms with Crippen LogP contribution >= 0.6 is 0 Å². The highest BCUT2D eigenvalue weighted by Crippen LogP contribution is 2.24. The van der Waals surface area contributed by atoms with Crippen molar-refractivity contribution >= 4 is 22.6 Å². The third kappa shape index (κ3) is 5.72. The van der Waals surface area contributed by atoms with Crippen LogP contribution in [0.25, 0.3) is 10.8 Å². The molecule has 2 N–H and O–H groups in total. The van der Waals surface area contributed by atoms with Crippen molar-refractivity contribution in [3.05, 3.63) is 72.3 Å². The van der Waals surface area contributed by atoms with E-state index in [1.807, 2.05) is 36.4 Å². The van der Waals surface area contributed by atoms with Gasteiger partial charge in [-0.3, -0.25) is 20.4 Å². The highest BCUT2D eigenvalue weighted by atomic mass is 16.5. The number of hydrazine groups is 1. The zero-order valence-corrected chi connectivity index (χ0v) is 16.3. The van der Waals surface area contributed by atoms with E-state index in [4.69, 9.17) is 9.47 Å². The van der Waals surface area contributed by atoms with Gasteiger partial charge in [0.2, 0.25) is 0 Å². The molecule has 0 bridgehead atoms. The minimum absolute atomic E-state index is 0.210. The molecule has 0 atom stereocenters. The molecule has 0 aliphatic heterocycles. The highest BCUT2D eigenvalue weighted by Gasteiger charge is 2.09. The first kappa shape index (κ1) is 20.2. The van der Waals surface area contributed by atoms with E-state index in [2.05, 4.69) is 17.8 Å². The molecular weight excluding hydrogens is 368 g/mol. The molecule has 0 heterocycles. The average Bonchev–Trinajstić information content (AvgIpc) is 2.76. The molecule has 0 saturated carbocycles. The number of amides is 2. The SMILES string of the molecule is CCCCOc1ccc(C(=O)NNC(=O)COc2cccc3ccccc23)cc1. The third-order valence-electron chi connectivity index (χ3n) is 4.31. The minimum atomic E-state index is -0.453. The monoisotopic (exact) mass is 392 g/mol. The van der Waals surface area contributed by atoms with Crippen LogP contribution in [0.4, 0.5) is 0 Å². The van der Waals surface area contributed by atoms with Crippen molar-refractivity contribution in [2.24, 2.45) is 0 Å². The van der Waals surface area contributed by atoms with E-state index in [-0.39, 0.29) is 6.61 Å². The van der Waals surface area contributed by atoms with Gasteiger partial charge in [0.1, 0.15) is 11.5 Å². The number of nitrogens with one attached hydrogen (secondary N) is 2. The standard InChI is InChI=1S/C23H24N2O4/c1-2-3-15-28-19-13-11-18(12-14-19)23(27)25-24-22(26)16-29-21-10-6-8-17-7-4-5-9-20(17)21/h4-14H,2-3,15-16H2,1H3,(H,24,26)(H,25,27). The van der Waals surface area contributed by atoms with Gasteiger partial charge in [0, 0.05) is 10.9 Å². The Morgan fingerprint density at radius 3 is 2.41 bits per heavy atom. The molecule has 0 radical (unpaired) electrons. The summed E-state index contributed by atoms with van der Waals surface area (Å²) in [5.74, 6) is 0.459. The van der Waals surface area contributed by atoms with Crippen LogP contribution in [0, 0.1) is 0 Å². The molecule has 0 unspecified atom stereocenters. The average molecular weight is 392 g/mol. The first-order valence-electron chi connectivity index (χ1n) is 9.60. The fourth-order valence-electron chi connectivity index (χ4n) is 2.74. The van der Waals surface area contributed by atoms with Crippen molar-refractivity contribution in [3.63, 3.8) is 0 Å². The van der Waals surface area contributed by atoms with Gasteiger partial charge in [0.15, 0.2) is 6.61 Å². The lowest BCUT2D eigenvalue weighted by Gasteiger charge is -2.11. The fourth-order valence-corrected chi connectivity index (χ4v) is 2.74. The molecule has 29 heavy (non-hydrogen) atoms. The number of hydrogen-bond acceptors (Lipinski definition) is 4. The van der Waals surface area contributed by atoms with Crippen molar-refractivity contribution in [2.75, 3.05) is 13.2 Å². The number of unbranched alkanes of at least 4 members (excludes halogenated alkanes) is 1. The quantitative estimate of drug-likeness (QED) is 0.451. The zero-order chi connectivity index (χ0) is 20.5. The molecule has 0 aliphatic rings. The van der Waals surface area contributed by atoms with Crippen LogP contribution in [0.2, 0.25) is 0 Å². The van der Waals surface area contributed by atoms with Crippen LogP contribution in [-0.2, 0) is 4.79 Å². The number of carbonyl (C=O) groups is 2. The lowest BCUT2D eigenvalue weighted by Crippen LogP contribution is -2.43. The molecular formula is C23H24N2O4. The van der Waals surface area contributed by atoms with Gasteiger partial charge in [0.05, 0.1) is 6.61 Å². The Hall–Kier alpha value is -3.54. The van der Waals surface area contributed by atoms with E-state index < -0.39 is 11.8 Å². The number of rotatable bonds is 8. The maximum Gasteiger partial charge on any atom is 0.276 e. The van der Waals surface area contributed by atoms with Crippen molar-refractivity contribution in [1.82, 2.24) is 10.9 Å². The summed E-state index contributed by atoms with van der Waals surface area (Å²) in [6, 6.07) is 20.2. The van der Waals surface area contributed by atoms with Crippen molar-refractivity contribution in [2.45, 2.75) is 19.8 Å². The molecule has 3 rings (SSSR count). The molecule has 2 amide bonds. The molecule has 6 heteroatoms. The number of carbonyl (C=O) groups excluding carboxylic acids is 2. The van der Waals surface area contributed by atoms with Gasteiger partial charge in [-0.2, -0.15) is 0 Å². The minimum Gasteiger partial charge on any atom is -0.494 e. The maximum atomic E-state index is 12.2. The van der Waals surface area contributed by atoms with Gasteiger partial charge in [-0.05, 0) is 42.1 Å². The van der Waals surface area contributed by atoms with Gasteiger partial charge in [-0.1, -0.05) is 49.7 Å². The Bertz CT molecular complexity index is 965. The number of benzene rings is 3. The van der Waals surface area contributed by atoms with E-state index in [1.54, 1.807) is 30.3 Å². The molecule has 0 aliphatic carbocycles. The van der Waals surface area contributed by atoms with Crippen LogP contribution in [-0.4, -0.2) is 25.0 Å². The Morgan fingerprint density at radius 2 is 1.62 bits per heavy atom. The van der Waals surface area contributed by atoms with Gasteiger partial charge in [-0.25, -0.2) is 0 Å². The van der Waals surface area contributed by atoms with E-state index in [0.29, 0.717) is 23.7 Å². The number of ether oxygens (including phenoxy) is 2. The summed E-state index contributed by atoms with van der Waals surface area (Å²) in [6.07, 6.45) is 2.04. The number of fused-ring (bicyclic) bond motifs is 1. The van der Waals surface area contributed by atoms with E-state index in [1.165, 1.54) is 0 Å². The Labute approximate surface area is 169 Å². The highest BCUT2D eigenvalue weighted by molar-refractivity contribution is 5.95. The van der Waals surface area contributed by atoms with Crippen LogP contribution in [0.1, 0.15) is 30.1 Å². The van der Waals surface area contributed by atoms with Crippen LogP contribution < -0.4 is 20.3 Å². The smallest absolute Gasteiger partial charge is 0.276 e. The maximum absolute atomic E-state index is 12.2. The van der Waals surface area contributed by atoms with E-state index in [0.717, 1.165) is 23.6 Å². The molecule has 0 aromatic heterocycles. The number of hydrogen-bond donors (Lipinski definition) is 2. The van der Waals surface area contributed by atoms with Crippen molar-refractivity contribution in [3.8, 4) is 11.5 Å². The second-order valence-electron chi connectivity index (χ2n) is 6.49. The first-order valence-corrected chi connectivity index (χ1v) is 9.60. The molecule has 0 saturated heterocycles. The summed E-state index contributed by atoms with van der Waals surface area (Å²) in [6.45, 7) is 2.53. The van der Waals surface area contributed by atoms with E-state index in [9.17, 15) is 9.59 Å². The predicted octanol–water partition coefficient (Wildman–Crippen LogP) is 3.86. The topological polar surface area (TPSA) is 76.7 Å². The molecule has 6 nitrogen and oxygen atoms in total. The predicted molar refractivity (Wildman–Crippen MR) is 112 cm³/mol. The van der Waals surface area contributed by atoms with Crippen LogP contribution in [0.5, 0.6) is 11.5 Å². The second kappa shape index (κ2) is 10.1. The van der Waals surface area contributed by atoms with Gasteiger partial charge in [-0.15, -0.1) is 0 Å². The lowest BCUT2D eigenvalue weighted by atomic mass is 10.1. The third-order valence-corrected chi connectivity index (χ3v) is 4.31. The summed E-state index contributed by atoms with van der Waals surface area (Å²) in [5, 5.41) is 1.95. The second-order valence-corrected chi connectivity index (χ2v) is 6.49. The summed E-state index contributed by atoms with van der Waals surface area (Å²) in [4.78, 5) is 24.2. The Kier molecular flexibility index (Phi) is 7.05. The molecule has 3 aromatic carbocycles. The van der Waals surface area contributed by atoms with Crippen LogP contribution in [0.15, 0.2) is 66.7 Å². The van der Waals surface area contributed by atoms with Crippen molar-refractivity contribution < 1.29 is 19.1 Å². The fraction of sp³-hybridized carbons (Fsp3) is 0.217. The van der Waals surface area contributed by atoms with Crippen LogP contribution in [0.3, 0.4) is 0 Å². The molecule has 0 fully saturated rings. The Morgan fingerprint density at radius 1 is 0.862 bits per heavy atom. The lowest BCUT2D eigenvalue weighted by molar-refractivity contribution is -0.123. The summed E-state index contributed by atoms with van der Waals surface area (Å²) >= 11 is 0. The molecule has 0 spiro atoms. The Balaban J connectivity index is 1.47.